The van der Waals surface area contributed by atoms with Crippen LogP contribution in [0.15, 0.2) is 0 Å². The molecule has 0 aliphatic heterocycles. The second kappa shape index (κ2) is 12.4. The Morgan fingerprint density at radius 3 is 1.80 bits per heavy atom. The van der Waals surface area contributed by atoms with Gasteiger partial charge in [0, 0.05) is 13.0 Å². The van der Waals surface area contributed by atoms with E-state index in [4.69, 9.17) is 5.11 Å². The van der Waals surface area contributed by atoms with Gasteiger partial charge in [-0.25, -0.2) is 0 Å². The van der Waals surface area contributed by atoms with E-state index in [1.54, 1.807) is 0 Å². The summed E-state index contributed by atoms with van der Waals surface area (Å²) < 4.78 is 1.37. The highest BCUT2D eigenvalue weighted by Gasteiger charge is 2.19. The molecule has 0 fully saturated rings. The van der Waals surface area contributed by atoms with Crippen molar-refractivity contribution in [2.45, 2.75) is 38.2 Å². The number of aliphatic hydroxyl groups is 1. The zero-order chi connectivity index (χ0) is 8.41. The van der Waals surface area contributed by atoms with Crippen molar-refractivity contribution < 1.29 is 5.11 Å². The molecule has 0 spiro atoms. The normalized spacial score (nSPS) is 9.00. The van der Waals surface area contributed by atoms with E-state index >= 15 is 0 Å². The highest BCUT2D eigenvalue weighted by Crippen LogP contribution is 1.86. The van der Waals surface area contributed by atoms with Gasteiger partial charge < -0.3 is 5.11 Å². The molecule has 1 nitrogen and oxygen atoms in total. The minimum absolute atomic E-state index is 0.306. The van der Waals surface area contributed by atoms with Crippen molar-refractivity contribution in [3.63, 3.8) is 0 Å². The number of aliphatic hydroxyl groups excluding tert-OH is 1. The highest BCUT2D eigenvalue weighted by molar-refractivity contribution is 6.08. The average Bonchev–Trinajstić information content (AvgIpc) is 1.91. The number of hydrogen-bond acceptors (Lipinski definition) is 1. The first-order valence-corrected chi connectivity index (χ1v) is 5.09. The van der Waals surface area contributed by atoms with Gasteiger partial charge in [-0.3, -0.25) is 0 Å². The van der Waals surface area contributed by atoms with Crippen molar-refractivity contribution in [2.24, 2.45) is 5.92 Å². The highest BCUT2D eigenvalue weighted by atomic mass is 24.4. The molecule has 0 atom stereocenters. The Labute approximate surface area is 77.6 Å². The van der Waals surface area contributed by atoms with E-state index < -0.39 is 0 Å². The molecule has 2 heteroatoms. The van der Waals surface area contributed by atoms with Gasteiger partial charge in [-0.05, 0) is 12.3 Å². The van der Waals surface area contributed by atoms with Crippen molar-refractivity contribution in [1.29, 1.82) is 0 Å². The van der Waals surface area contributed by atoms with Gasteiger partial charge in [-0.15, -0.1) is 0 Å². The lowest BCUT2D eigenvalue weighted by Gasteiger charge is -1.90. The molecule has 0 heterocycles. The summed E-state index contributed by atoms with van der Waals surface area (Å²) in [6, 6.07) is 0. The topological polar surface area (TPSA) is 20.2 Å². The summed E-state index contributed by atoms with van der Waals surface area (Å²) in [6.45, 7) is 6.47. The molecule has 7 radical (unpaired) electrons. The average molecular weight is 156 g/mol. The van der Waals surface area contributed by atoms with Crippen molar-refractivity contribution >= 4 is 21.7 Å². The van der Waals surface area contributed by atoms with Gasteiger partial charge in [-0.2, -0.15) is 0 Å². The predicted molar refractivity (Wildman–Crippen MR) is 47.4 cm³/mol. The first-order chi connectivity index (χ1) is 4.68. The van der Waals surface area contributed by atoms with E-state index in [0.717, 1.165) is 0 Å². The summed E-state index contributed by atoms with van der Waals surface area (Å²) in [4.78, 5) is 0. The zero-order valence-electron chi connectivity index (χ0n) is 7.56. The predicted octanol–water partition coefficient (Wildman–Crippen LogP) is 2.01. The fraction of sp³-hybridized carbons (Fsp3) is 1.00. The molecule has 0 rings (SSSR count). The van der Waals surface area contributed by atoms with Gasteiger partial charge in [0.2, 0.25) is 0 Å². The van der Waals surface area contributed by atoms with Crippen molar-refractivity contribution in [1.82, 2.24) is 0 Å². The second-order valence-corrected chi connectivity index (χ2v) is 3.49. The van der Waals surface area contributed by atoms with Crippen molar-refractivity contribution in [3.05, 3.63) is 0 Å². The summed E-state index contributed by atoms with van der Waals surface area (Å²) >= 11 is 2.05. The van der Waals surface area contributed by atoms with E-state index in [0.29, 0.717) is 12.5 Å². The minimum atomic E-state index is 0.306. The molecule has 0 saturated carbocycles. The summed E-state index contributed by atoms with van der Waals surface area (Å²) in [7, 11) is 0. The number of hydrogen-bond donors (Lipinski definition) is 1. The van der Waals surface area contributed by atoms with Crippen LogP contribution in [-0.2, 0) is 0 Å². The van der Waals surface area contributed by atoms with E-state index in [1.165, 1.54) is 17.4 Å². The van der Waals surface area contributed by atoms with Crippen LogP contribution >= 0.6 is 0 Å². The Morgan fingerprint density at radius 2 is 1.80 bits per heavy atom. The molecule has 1 N–H and O–H groups in total. The molecule has 0 aliphatic rings. The van der Waals surface area contributed by atoms with Gasteiger partial charge in [0.25, 0.3) is 4.55 Å². The van der Waals surface area contributed by atoms with E-state index in [-0.39, 0.29) is 0 Å². The van der Waals surface area contributed by atoms with Gasteiger partial charge in [0.15, 0.2) is 0 Å². The molecule has 0 unspecified atom stereocenters. The third-order valence-corrected chi connectivity index (χ3v) is 1.47. The maximum Gasteiger partial charge on any atom is 1.41 e. The molecule has 0 bridgehead atoms. The third kappa shape index (κ3) is 23.3. The monoisotopic (exact) mass is 155 g/mol. The van der Waals surface area contributed by atoms with Crippen LogP contribution in [0.2, 0.25) is 4.55 Å². The van der Waals surface area contributed by atoms with E-state index in [1.807, 2.05) is 35.6 Å². The molecular formula is C8H19MgO+2. The van der Waals surface area contributed by atoms with Crippen molar-refractivity contribution in [3.8, 4) is 0 Å². The number of rotatable bonds is 3. The van der Waals surface area contributed by atoms with Crippen molar-refractivity contribution in [2.75, 3.05) is 6.61 Å². The SMILES string of the molecule is CC(C)CO.CCC[CH2][Mg+2]. The van der Waals surface area contributed by atoms with Crippen LogP contribution in [0.4, 0.5) is 0 Å². The second-order valence-electron chi connectivity index (χ2n) is 2.78. The Bertz CT molecular complexity index is 44.5. The van der Waals surface area contributed by atoms with Crippen LogP contribution in [0, 0.1) is 5.92 Å². The van der Waals surface area contributed by atoms with Gasteiger partial charge in [0.1, 0.15) is 0 Å². The maximum atomic E-state index is 8.14. The molecule has 57 valence electrons. The standard InChI is InChI=1S/C4H10O.C4H9.Mg/c1-4(2)3-5;1-3-4-2;/h4-5H,3H2,1-2H3;1,3-4H2,2H3;/q;;+2. The summed E-state index contributed by atoms with van der Waals surface area (Å²) in [5.74, 6) is 0.440. The molecule has 10 heavy (non-hydrogen) atoms. The molecule has 0 aromatic carbocycles. The number of unbranched alkanes of at least 4 members (excludes halogenated alkanes) is 1. The molecule has 0 aliphatic carbocycles. The summed E-state index contributed by atoms with van der Waals surface area (Å²) in [6.07, 6.45) is 2.75. The van der Waals surface area contributed by atoms with E-state index in [2.05, 4.69) is 6.92 Å². The van der Waals surface area contributed by atoms with Crippen LogP contribution in [0.3, 0.4) is 0 Å². The minimum Gasteiger partial charge on any atom is -0.396 e. The maximum absolute atomic E-state index is 8.14. The Kier molecular flexibility index (Phi) is 16.5. The van der Waals surface area contributed by atoms with Crippen LogP contribution in [0.1, 0.15) is 33.6 Å². The zero-order valence-corrected chi connectivity index (χ0v) is 8.97. The Balaban J connectivity index is 0. The lowest BCUT2D eigenvalue weighted by molar-refractivity contribution is 0.248. The van der Waals surface area contributed by atoms with Crippen LogP contribution in [0.25, 0.3) is 0 Å². The van der Waals surface area contributed by atoms with Crippen LogP contribution < -0.4 is 0 Å². The van der Waals surface area contributed by atoms with Gasteiger partial charge in [-0.1, -0.05) is 20.8 Å². The summed E-state index contributed by atoms with van der Waals surface area (Å²) in [5.41, 5.74) is 0. The fourth-order valence-corrected chi connectivity index (χ4v) is 0.750. The smallest absolute Gasteiger partial charge is 0.396 e. The van der Waals surface area contributed by atoms with E-state index in [9.17, 15) is 0 Å². The van der Waals surface area contributed by atoms with Crippen LogP contribution in [-0.4, -0.2) is 33.4 Å². The first-order valence-electron chi connectivity index (χ1n) is 4.09. The largest absolute Gasteiger partial charge is 1.41 e. The Morgan fingerprint density at radius 1 is 1.40 bits per heavy atom. The quantitative estimate of drug-likeness (QED) is 0.618. The lowest BCUT2D eigenvalue weighted by Crippen LogP contribution is -1.90. The first kappa shape index (κ1) is 13.3. The summed E-state index contributed by atoms with van der Waals surface area (Å²) in [5, 5.41) is 8.14. The van der Waals surface area contributed by atoms with Gasteiger partial charge in [0.05, 0.1) is 0 Å². The molecular weight excluding hydrogens is 136 g/mol. The lowest BCUT2D eigenvalue weighted by atomic mass is 10.2. The fourth-order valence-electron chi connectivity index (χ4n) is 0.250. The Hall–Kier alpha value is 0.726. The molecule has 0 amide bonds. The van der Waals surface area contributed by atoms with Crippen LogP contribution in [0.5, 0.6) is 0 Å². The molecule has 0 aromatic heterocycles. The molecule has 0 saturated heterocycles. The third-order valence-electron chi connectivity index (χ3n) is 0.969. The van der Waals surface area contributed by atoms with Gasteiger partial charge >= 0.3 is 21.7 Å². The molecule has 0 aromatic rings.